The number of carbonyl (C=O) groups excluding carboxylic acids is 1. The van der Waals surface area contributed by atoms with Gasteiger partial charge in [0.1, 0.15) is 0 Å². The Morgan fingerprint density at radius 3 is 2.77 bits per heavy atom. The quantitative estimate of drug-likeness (QED) is 0.905. The number of aryl methyl sites for hydroxylation is 1. The average Bonchev–Trinajstić information content (AvgIpc) is 2.92. The van der Waals surface area contributed by atoms with Crippen molar-refractivity contribution in [2.24, 2.45) is 5.41 Å². The maximum atomic E-state index is 12.7. The zero-order valence-electron chi connectivity index (χ0n) is 13.0. The molecule has 2 fully saturated rings. The van der Waals surface area contributed by atoms with Crippen LogP contribution < -0.4 is 0 Å². The molecule has 1 aromatic heterocycles. The fraction of sp³-hybridized carbons (Fsp3) is 0.625. The van der Waals surface area contributed by atoms with Gasteiger partial charge in [-0.1, -0.05) is 0 Å². The summed E-state index contributed by atoms with van der Waals surface area (Å²) >= 11 is 1.47. The van der Waals surface area contributed by atoms with Crippen LogP contribution in [0.5, 0.6) is 0 Å². The van der Waals surface area contributed by atoms with Crippen molar-refractivity contribution in [1.82, 2.24) is 9.80 Å². The SMILES string of the molecule is Cc1ccsc1C(=O)N1CC[C@@]2(C(=O)O)CCCN(C)[C@@H]2C1. The van der Waals surface area contributed by atoms with Crippen molar-refractivity contribution in [1.29, 1.82) is 0 Å². The van der Waals surface area contributed by atoms with E-state index in [-0.39, 0.29) is 11.9 Å². The van der Waals surface area contributed by atoms with Crippen LogP contribution in [0.2, 0.25) is 0 Å². The highest BCUT2D eigenvalue weighted by Crippen LogP contribution is 2.42. The van der Waals surface area contributed by atoms with Crippen molar-refractivity contribution >= 4 is 23.2 Å². The largest absolute Gasteiger partial charge is 0.481 e. The fourth-order valence-electron chi connectivity index (χ4n) is 3.90. The third kappa shape index (κ3) is 2.34. The summed E-state index contributed by atoms with van der Waals surface area (Å²) < 4.78 is 0. The van der Waals surface area contributed by atoms with Crippen molar-refractivity contribution in [3.63, 3.8) is 0 Å². The summed E-state index contributed by atoms with van der Waals surface area (Å²) in [6.07, 6.45) is 2.18. The molecule has 2 atom stereocenters. The second-order valence-electron chi connectivity index (χ2n) is 6.50. The molecule has 0 radical (unpaired) electrons. The Balaban J connectivity index is 1.84. The summed E-state index contributed by atoms with van der Waals surface area (Å²) in [4.78, 5) is 29.3. The zero-order chi connectivity index (χ0) is 15.9. The van der Waals surface area contributed by atoms with E-state index in [4.69, 9.17) is 0 Å². The minimum atomic E-state index is -0.705. The number of carboxylic acid groups (broad SMARTS) is 1. The summed E-state index contributed by atoms with van der Waals surface area (Å²) in [7, 11) is 1.98. The van der Waals surface area contributed by atoms with Crippen LogP contribution in [-0.4, -0.2) is 59.5 Å². The van der Waals surface area contributed by atoms with Gasteiger partial charge in [0.15, 0.2) is 0 Å². The van der Waals surface area contributed by atoms with E-state index in [0.29, 0.717) is 19.5 Å². The topological polar surface area (TPSA) is 60.9 Å². The van der Waals surface area contributed by atoms with Gasteiger partial charge in [-0.3, -0.25) is 9.59 Å². The lowest BCUT2D eigenvalue weighted by molar-refractivity contribution is -0.161. The van der Waals surface area contributed by atoms with Crippen LogP contribution >= 0.6 is 11.3 Å². The van der Waals surface area contributed by atoms with E-state index in [1.807, 2.05) is 30.3 Å². The predicted molar refractivity (Wildman–Crippen MR) is 85.3 cm³/mol. The van der Waals surface area contributed by atoms with Crippen LogP contribution in [0.25, 0.3) is 0 Å². The number of aliphatic carboxylic acids is 1. The molecular weight excluding hydrogens is 300 g/mol. The third-order valence-electron chi connectivity index (χ3n) is 5.29. The van der Waals surface area contributed by atoms with Crippen molar-refractivity contribution in [2.75, 3.05) is 26.7 Å². The minimum Gasteiger partial charge on any atom is -0.481 e. The number of likely N-dealkylation sites (tertiary alicyclic amines) is 2. The number of nitrogens with zero attached hydrogens (tertiary/aromatic N) is 2. The first-order chi connectivity index (χ1) is 10.5. The summed E-state index contributed by atoms with van der Waals surface area (Å²) in [6, 6.07) is 1.87. The van der Waals surface area contributed by atoms with E-state index >= 15 is 0 Å². The minimum absolute atomic E-state index is 0.0467. The standard InChI is InChI=1S/C16H22N2O3S/c1-11-4-9-22-13(11)14(19)18-8-6-16(15(20)21)5-3-7-17(2)12(16)10-18/h4,9,12H,3,5-8,10H2,1-2H3,(H,20,21)/t12-,16+/m1/s1. The maximum Gasteiger partial charge on any atom is 0.311 e. The van der Waals surface area contributed by atoms with Gasteiger partial charge in [-0.2, -0.15) is 0 Å². The number of carbonyl (C=O) groups is 2. The van der Waals surface area contributed by atoms with Crippen LogP contribution in [-0.2, 0) is 4.79 Å². The molecule has 5 nitrogen and oxygen atoms in total. The lowest BCUT2D eigenvalue weighted by Gasteiger charge is -2.51. The molecule has 0 bridgehead atoms. The van der Waals surface area contributed by atoms with Gasteiger partial charge in [0.2, 0.25) is 0 Å². The Morgan fingerprint density at radius 2 is 2.14 bits per heavy atom. The number of piperidine rings is 2. The van der Waals surface area contributed by atoms with Crippen molar-refractivity contribution in [3.8, 4) is 0 Å². The van der Waals surface area contributed by atoms with E-state index in [9.17, 15) is 14.7 Å². The van der Waals surface area contributed by atoms with Crippen molar-refractivity contribution in [3.05, 3.63) is 21.9 Å². The molecule has 0 saturated carbocycles. The molecule has 1 amide bonds. The van der Waals surface area contributed by atoms with Gasteiger partial charge >= 0.3 is 5.97 Å². The second kappa shape index (κ2) is 5.66. The number of amides is 1. The Kier molecular flexibility index (Phi) is 3.99. The Morgan fingerprint density at radius 1 is 1.36 bits per heavy atom. The summed E-state index contributed by atoms with van der Waals surface area (Å²) in [5.74, 6) is -0.658. The van der Waals surface area contributed by atoms with Gasteiger partial charge in [0, 0.05) is 19.1 Å². The smallest absolute Gasteiger partial charge is 0.311 e. The van der Waals surface area contributed by atoms with Crippen LogP contribution in [0.15, 0.2) is 11.4 Å². The molecule has 3 rings (SSSR count). The van der Waals surface area contributed by atoms with E-state index in [1.165, 1.54) is 11.3 Å². The highest BCUT2D eigenvalue weighted by atomic mass is 32.1. The Bertz CT molecular complexity index is 600. The monoisotopic (exact) mass is 322 g/mol. The number of carboxylic acids is 1. The van der Waals surface area contributed by atoms with Gasteiger partial charge in [0.05, 0.1) is 10.3 Å². The summed E-state index contributed by atoms with van der Waals surface area (Å²) in [5, 5.41) is 11.7. The van der Waals surface area contributed by atoms with Crippen LogP contribution in [0, 0.1) is 12.3 Å². The molecule has 2 saturated heterocycles. The molecule has 0 aromatic carbocycles. The number of hydrogen-bond acceptors (Lipinski definition) is 4. The fourth-order valence-corrected chi connectivity index (χ4v) is 4.80. The molecule has 0 aliphatic carbocycles. The Hall–Kier alpha value is -1.40. The highest BCUT2D eigenvalue weighted by Gasteiger charge is 2.52. The molecular formula is C16H22N2O3S. The molecule has 0 spiro atoms. The van der Waals surface area contributed by atoms with Crippen LogP contribution in [0.1, 0.15) is 34.5 Å². The molecule has 22 heavy (non-hydrogen) atoms. The van der Waals surface area contributed by atoms with Gasteiger partial charge in [-0.05, 0) is 56.8 Å². The first-order valence-corrected chi connectivity index (χ1v) is 8.61. The van der Waals surface area contributed by atoms with Crippen molar-refractivity contribution in [2.45, 2.75) is 32.2 Å². The number of fused-ring (bicyclic) bond motifs is 1. The molecule has 3 heterocycles. The maximum absolute atomic E-state index is 12.7. The second-order valence-corrected chi connectivity index (χ2v) is 7.41. The molecule has 2 aliphatic rings. The van der Waals surface area contributed by atoms with E-state index < -0.39 is 11.4 Å². The highest BCUT2D eigenvalue weighted by molar-refractivity contribution is 7.12. The average molecular weight is 322 g/mol. The first kappa shape index (κ1) is 15.5. The zero-order valence-corrected chi connectivity index (χ0v) is 13.9. The molecule has 1 aromatic rings. The Labute approximate surface area is 134 Å². The normalized spacial score (nSPS) is 29.2. The molecule has 120 valence electrons. The van der Waals surface area contributed by atoms with E-state index in [2.05, 4.69) is 4.90 Å². The number of thiophene rings is 1. The third-order valence-corrected chi connectivity index (χ3v) is 6.30. The van der Waals surface area contributed by atoms with Gasteiger partial charge in [0.25, 0.3) is 5.91 Å². The molecule has 6 heteroatoms. The molecule has 0 unspecified atom stereocenters. The first-order valence-electron chi connectivity index (χ1n) is 7.73. The lowest BCUT2D eigenvalue weighted by atomic mass is 9.68. The predicted octanol–water partition coefficient (Wildman–Crippen LogP) is 2.07. The number of hydrogen-bond donors (Lipinski definition) is 1. The number of rotatable bonds is 2. The summed E-state index contributed by atoms with van der Waals surface area (Å²) in [6.45, 7) is 3.90. The van der Waals surface area contributed by atoms with Gasteiger partial charge < -0.3 is 14.9 Å². The van der Waals surface area contributed by atoms with Crippen molar-refractivity contribution < 1.29 is 14.7 Å². The van der Waals surface area contributed by atoms with Crippen LogP contribution in [0.3, 0.4) is 0 Å². The van der Waals surface area contributed by atoms with E-state index in [1.54, 1.807) is 0 Å². The summed E-state index contributed by atoms with van der Waals surface area (Å²) in [5.41, 5.74) is 0.316. The van der Waals surface area contributed by atoms with Gasteiger partial charge in [-0.25, -0.2) is 0 Å². The molecule has 1 N–H and O–H groups in total. The van der Waals surface area contributed by atoms with Gasteiger partial charge in [-0.15, -0.1) is 11.3 Å². The van der Waals surface area contributed by atoms with Crippen LogP contribution in [0.4, 0.5) is 0 Å². The lowest BCUT2D eigenvalue weighted by Crippen LogP contribution is -2.63. The molecule has 2 aliphatic heterocycles. The van der Waals surface area contributed by atoms with E-state index in [0.717, 1.165) is 29.8 Å². The number of likely N-dealkylation sites (N-methyl/N-ethyl adjacent to an activating group) is 1.